The van der Waals surface area contributed by atoms with Crippen LogP contribution in [0.1, 0.15) is 219 Å². The van der Waals surface area contributed by atoms with Crippen LogP contribution in [-0.4, -0.2) is 42.0 Å². The van der Waals surface area contributed by atoms with Gasteiger partial charge >= 0.3 is 32.7 Å². The third-order valence-corrected chi connectivity index (χ3v) is 10.8. The molecule has 0 saturated carbocycles. The van der Waals surface area contributed by atoms with Crippen LogP contribution in [0.25, 0.3) is 0 Å². The highest BCUT2D eigenvalue weighted by Crippen LogP contribution is 2.16. The molecule has 0 fully saturated rings. The van der Waals surface area contributed by atoms with E-state index in [0.29, 0.717) is 25.0 Å². The van der Waals surface area contributed by atoms with Crippen LogP contribution in [0.5, 0.6) is 0 Å². The summed E-state index contributed by atoms with van der Waals surface area (Å²) in [6.45, 7) is 4.23. The van der Waals surface area contributed by atoms with E-state index in [1.54, 1.807) is 0 Å². The number of rotatable bonds is 40. The predicted molar refractivity (Wildman–Crippen MR) is 210 cm³/mol. The predicted octanol–water partition coefficient (Wildman–Crippen LogP) is 11.7. The van der Waals surface area contributed by atoms with Gasteiger partial charge in [0.2, 0.25) is 0 Å². The van der Waals surface area contributed by atoms with Gasteiger partial charge in [-0.15, -0.1) is 0 Å². The van der Waals surface area contributed by atoms with Crippen molar-refractivity contribution >= 4 is 32.7 Å². The van der Waals surface area contributed by atoms with Crippen LogP contribution >= 0.6 is 0 Å². The molecular weight excluding hydrogens is 705 g/mol. The van der Waals surface area contributed by atoms with Crippen LogP contribution in [0.15, 0.2) is 12.2 Å². The number of hydrogen-bond donors (Lipinski definition) is 0. The topological polar surface area (TPSA) is 139 Å². The molecule has 0 aromatic carbocycles. The van der Waals surface area contributed by atoms with Crippen molar-refractivity contribution in [1.29, 1.82) is 0 Å². The van der Waals surface area contributed by atoms with E-state index in [1.807, 2.05) is 0 Å². The van der Waals surface area contributed by atoms with Crippen LogP contribution in [0.3, 0.4) is 0 Å². The largest absolute Gasteiger partial charge is 0.451 e. The minimum absolute atomic E-state index is 0.130. The molecule has 0 aliphatic carbocycles. The average molecular weight is 781 g/mol. The van der Waals surface area contributed by atoms with Crippen LogP contribution in [0, 0.1) is 0 Å². The van der Waals surface area contributed by atoms with Crippen molar-refractivity contribution in [3.63, 3.8) is 0 Å². The summed E-state index contributed by atoms with van der Waals surface area (Å²) in [6, 6.07) is 0. The zero-order chi connectivity index (χ0) is 38.4. The van der Waals surface area contributed by atoms with Gasteiger partial charge in [0.15, 0.2) is 0 Å². The number of hydrogen-bond acceptors (Lipinski definition) is 10. The van der Waals surface area contributed by atoms with Gasteiger partial charge in [-0.05, 0) is 12.8 Å². The van der Waals surface area contributed by atoms with Crippen LogP contribution < -0.4 is 0 Å². The average Bonchev–Trinajstić information content (AvgIpc) is 3.09. The molecule has 0 aromatic heterocycles. The van der Waals surface area contributed by atoms with Gasteiger partial charge in [-0.2, -0.15) is 16.8 Å². The third kappa shape index (κ3) is 38.2. The first-order valence-electron chi connectivity index (χ1n) is 21.1. The molecular formula is C40H76O10S2. The Balaban J connectivity index is 3.76. The fourth-order valence-electron chi connectivity index (χ4n) is 6.06. The molecule has 0 unspecified atom stereocenters. The smallest absolute Gasteiger partial charge is 0.321 e. The lowest BCUT2D eigenvalue weighted by molar-refractivity contribution is -0.131. The quantitative estimate of drug-likeness (QED) is 0.0436. The lowest BCUT2D eigenvalue weighted by Crippen LogP contribution is -2.17. The molecule has 0 atom stereocenters. The van der Waals surface area contributed by atoms with Crippen LogP contribution in [0.2, 0.25) is 0 Å². The van der Waals surface area contributed by atoms with E-state index in [9.17, 15) is 26.4 Å². The van der Waals surface area contributed by atoms with Crippen molar-refractivity contribution < 1.29 is 43.2 Å². The lowest BCUT2D eigenvalue weighted by Gasteiger charge is -2.05. The van der Waals surface area contributed by atoms with Crippen molar-refractivity contribution in [3.8, 4) is 0 Å². The Labute approximate surface area is 319 Å². The van der Waals surface area contributed by atoms with E-state index in [2.05, 4.69) is 22.2 Å². The molecule has 0 rings (SSSR count). The van der Waals surface area contributed by atoms with Crippen molar-refractivity contribution in [3.05, 3.63) is 12.2 Å². The first-order chi connectivity index (χ1) is 25.1. The molecule has 0 amide bonds. The molecule has 0 bridgehead atoms. The number of carbonyl (C=O) groups is 2. The van der Waals surface area contributed by atoms with Gasteiger partial charge in [0.1, 0.15) is 0 Å². The molecule has 52 heavy (non-hydrogen) atoms. The minimum Gasteiger partial charge on any atom is -0.321 e. The first-order valence-corrected chi connectivity index (χ1v) is 23.7. The minimum atomic E-state index is -4.62. The monoisotopic (exact) mass is 780 g/mol. The summed E-state index contributed by atoms with van der Waals surface area (Å²) in [4.78, 5) is 23.6. The SMILES string of the molecule is CCCCCCCCCCCCCCCCCCOS(=O)(=O)OC(=O)/C=C/C(=O)OS(=O)(=O)OCCCCCCCCCCCCCCCCCC. The Morgan fingerprint density at radius 1 is 0.346 bits per heavy atom. The summed E-state index contributed by atoms with van der Waals surface area (Å²) >= 11 is 0. The molecule has 0 heterocycles. The normalized spacial score (nSPS) is 12.1. The van der Waals surface area contributed by atoms with Gasteiger partial charge in [0.25, 0.3) is 0 Å². The molecule has 12 heteroatoms. The molecule has 0 radical (unpaired) electrons. The van der Waals surface area contributed by atoms with E-state index in [1.165, 1.54) is 141 Å². The summed E-state index contributed by atoms with van der Waals surface area (Å²) in [6.07, 6.45) is 39.0. The Bertz CT molecular complexity index is 990. The molecule has 0 aliphatic rings. The summed E-state index contributed by atoms with van der Waals surface area (Å²) < 4.78 is 65.4. The van der Waals surface area contributed by atoms with Crippen LogP contribution in [0.4, 0.5) is 0 Å². The highest BCUT2D eigenvalue weighted by molar-refractivity contribution is 7.82. The third-order valence-electron chi connectivity index (χ3n) is 9.18. The van der Waals surface area contributed by atoms with E-state index in [4.69, 9.17) is 8.37 Å². The fraction of sp³-hybridized carbons (Fsp3) is 0.900. The van der Waals surface area contributed by atoms with E-state index in [-0.39, 0.29) is 13.2 Å². The Kier molecular flexibility index (Phi) is 35.4. The second-order valence-electron chi connectivity index (χ2n) is 14.2. The molecule has 308 valence electrons. The highest BCUT2D eigenvalue weighted by atomic mass is 32.3. The first kappa shape index (κ1) is 50.5. The molecule has 0 saturated heterocycles. The second-order valence-corrected chi connectivity index (χ2v) is 16.6. The zero-order valence-electron chi connectivity index (χ0n) is 33.1. The van der Waals surface area contributed by atoms with Crippen LogP contribution in [-0.2, 0) is 47.1 Å². The molecule has 10 nitrogen and oxygen atoms in total. The summed E-state index contributed by atoms with van der Waals surface area (Å²) in [5, 5.41) is 0. The van der Waals surface area contributed by atoms with Crippen molar-refractivity contribution in [2.75, 3.05) is 13.2 Å². The van der Waals surface area contributed by atoms with E-state index in [0.717, 1.165) is 51.4 Å². The fourth-order valence-corrected chi connectivity index (χ4v) is 7.32. The molecule has 0 spiro atoms. The Hall–Kier alpha value is -1.50. The van der Waals surface area contributed by atoms with E-state index >= 15 is 0 Å². The maximum absolute atomic E-state index is 11.9. The number of unbranched alkanes of at least 4 members (excludes halogenated alkanes) is 30. The molecule has 0 N–H and O–H groups in total. The standard InChI is InChI=1S/C40H76O10S2/c1-3-5-7-9-11-13-15-17-19-21-23-25-27-29-31-33-37-47-51(43,44)49-39(41)35-36-40(42)50-52(45,46)48-38-34-32-30-28-26-24-22-20-18-16-14-12-10-8-6-4-2/h35-36H,3-34,37-38H2,1-2H3/b36-35+. The lowest BCUT2D eigenvalue weighted by atomic mass is 10.0. The maximum atomic E-state index is 11.9. The number of carbonyl (C=O) groups excluding carboxylic acids is 2. The Morgan fingerprint density at radius 3 is 0.750 bits per heavy atom. The van der Waals surface area contributed by atoms with Gasteiger partial charge in [-0.1, -0.05) is 206 Å². The van der Waals surface area contributed by atoms with E-state index < -0.39 is 32.7 Å². The van der Waals surface area contributed by atoms with Gasteiger partial charge in [0, 0.05) is 12.2 Å². The summed E-state index contributed by atoms with van der Waals surface area (Å²) in [7, 11) is -9.23. The van der Waals surface area contributed by atoms with Gasteiger partial charge in [-0.3, -0.25) is 0 Å². The summed E-state index contributed by atoms with van der Waals surface area (Å²) in [5.41, 5.74) is 0. The highest BCUT2D eigenvalue weighted by Gasteiger charge is 2.19. The maximum Gasteiger partial charge on any atom is 0.451 e. The van der Waals surface area contributed by atoms with Gasteiger partial charge in [0.05, 0.1) is 13.2 Å². The van der Waals surface area contributed by atoms with Crippen molar-refractivity contribution in [1.82, 2.24) is 0 Å². The molecule has 0 aromatic rings. The van der Waals surface area contributed by atoms with Gasteiger partial charge in [-0.25, -0.2) is 18.0 Å². The van der Waals surface area contributed by atoms with Crippen molar-refractivity contribution in [2.24, 2.45) is 0 Å². The van der Waals surface area contributed by atoms with Crippen molar-refractivity contribution in [2.45, 2.75) is 219 Å². The Morgan fingerprint density at radius 2 is 0.538 bits per heavy atom. The zero-order valence-corrected chi connectivity index (χ0v) is 34.7. The van der Waals surface area contributed by atoms with Gasteiger partial charge < -0.3 is 8.37 Å². The second kappa shape index (κ2) is 36.5. The summed E-state index contributed by atoms with van der Waals surface area (Å²) in [5.74, 6) is -2.84. The molecule has 0 aliphatic heterocycles.